The summed E-state index contributed by atoms with van der Waals surface area (Å²) >= 11 is 0. The molecular formula is C11H18O3. The van der Waals surface area contributed by atoms with Crippen LogP contribution in [0.25, 0.3) is 0 Å². The Bertz CT molecular complexity index is 212. The highest BCUT2D eigenvalue weighted by molar-refractivity contribution is 5.88. The molecule has 0 rings (SSSR count). The molecule has 3 nitrogen and oxygen atoms in total. The Hall–Kier alpha value is -1.01. The molecule has 1 N–H and O–H groups in total. The molecule has 0 aromatic carbocycles. The van der Waals surface area contributed by atoms with Gasteiger partial charge >= 0.3 is 5.97 Å². The molecule has 0 aliphatic rings. The minimum Gasteiger partial charge on any atom is -0.459 e. The maximum Gasteiger partial charge on any atom is 0.384 e. The number of carbonyl (C=O) groups excluding carboxylic acids is 1. The molecule has 0 bridgehead atoms. The first-order chi connectivity index (χ1) is 6.70. The summed E-state index contributed by atoms with van der Waals surface area (Å²) in [6.45, 7) is 2.13. The highest BCUT2D eigenvalue weighted by atomic mass is 16.5. The van der Waals surface area contributed by atoms with Crippen molar-refractivity contribution < 1.29 is 14.6 Å². The number of ether oxygens (including phenoxy) is 1. The van der Waals surface area contributed by atoms with E-state index in [-0.39, 0.29) is 0 Å². The zero-order valence-electron chi connectivity index (χ0n) is 8.88. The van der Waals surface area contributed by atoms with E-state index < -0.39 is 12.1 Å². The molecule has 0 radical (unpaired) electrons. The third-order valence-corrected chi connectivity index (χ3v) is 1.86. The van der Waals surface area contributed by atoms with Crippen LogP contribution in [-0.2, 0) is 9.53 Å². The average molecular weight is 198 g/mol. The van der Waals surface area contributed by atoms with Crippen LogP contribution in [0, 0.1) is 11.8 Å². The van der Waals surface area contributed by atoms with Crippen molar-refractivity contribution in [2.45, 2.75) is 45.1 Å². The van der Waals surface area contributed by atoms with Crippen LogP contribution in [0.2, 0.25) is 0 Å². The van der Waals surface area contributed by atoms with Gasteiger partial charge in [-0.3, -0.25) is 0 Å². The fourth-order valence-corrected chi connectivity index (χ4v) is 1.03. The van der Waals surface area contributed by atoms with Crippen molar-refractivity contribution in [2.75, 3.05) is 7.11 Å². The van der Waals surface area contributed by atoms with Gasteiger partial charge in [0.2, 0.25) is 0 Å². The third kappa shape index (κ3) is 7.63. The minimum absolute atomic E-state index is 0.599. The summed E-state index contributed by atoms with van der Waals surface area (Å²) in [5, 5.41) is 9.31. The Morgan fingerprint density at radius 1 is 1.43 bits per heavy atom. The molecule has 0 aliphatic carbocycles. The predicted octanol–water partition coefficient (Wildman–Crippen LogP) is 1.49. The van der Waals surface area contributed by atoms with E-state index in [1.54, 1.807) is 0 Å². The van der Waals surface area contributed by atoms with Gasteiger partial charge in [-0.05, 0) is 12.8 Å². The molecule has 0 heterocycles. The maximum absolute atomic E-state index is 10.6. The van der Waals surface area contributed by atoms with Gasteiger partial charge < -0.3 is 9.84 Å². The van der Waals surface area contributed by atoms with Crippen molar-refractivity contribution in [3.63, 3.8) is 0 Å². The van der Waals surface area contributed by atoms with Gasteiger partial charge in [-0.25, -0.2) is 4.79 Å². The Balaban J connectivity index is 3.57. The average Bonchev–Trinajstić information content (AvgIpc) is 2.21. The van der Waals surface area contributed by atoms with Crippen LogP contribution in [0.4, 0.5) is 0 Å². The Morgan fingerprint density at radius 3 is 2.71 bits per heavy atom. The van der Waals surface area contributed by atoms with Gasteiger partial charge in [0.15, 0.2) is 0 Å². The second-order valence-corrected chi connectivity index (χ2v) is 3.13. The zero-order chi connectivity index (χ0) is 10.8. The lowest BCUT2D eigenvalue weighted by Gasteiger charge is -2.01. The molecule has 0 saturated carbocycles. The number of carbonyl (C=O) groups is 1. The largest absolute Gasteiger partial charge is 0.459 e. The molecule has 0 unspecified atom stereocenters. The Labute approximate surface area is 85.5 Å². The summed E-state index contributed by atoms with van der Waals surface area (Å²) in [4.78, 5) is 10.6. The molecule has 14 heavy (non-hydrogen) atoms. The smallest absolute Gasteiger partial charge is 0.384 e. The topological polar surface area (TPSA) is 46.5 Å². The lowest BCUT2D eigenvalue weighted by Crippen LogP contribution is -2.04. The van der Waals surface area contributed by atoms with E-state index >= 15 is 0 Å². The van der Waals surface area contributed by atoms with Crippen molar-refractivity contribution in [1.82, 2.24) is 0 Å². The van der Waals surface area contributed by atoms with Crippen LogP contribution in [-0.4, -0.2) is 24.3 Å². The first-order valence-electron chi connectivity index (χ1n) is 4.98. The quantitative estimate of drug-likeness (QED) is 0.315. The van der Waals surface area contributed by atoms with E-state index in [0.717, 1.165) is 12.8 Å². The molecule has 0 spiro atoms. The van der Waals surface area contributed by atoms with Crippen LogP contribution in [0.1, 0.15) is 39.0 Å². The fraction of sp³-hybridized carbons (Fsp3) is 0.727. The maximum atomic E-state index is 10.6. The normalized spacial score (nSPS) is 11.4. The first-order valence-corrected chi connectivity index (χ1v) is 4.98. The Morgan fingerprint density at radius 2 is 2.14 bits per heavy atom. The Kier molecular flexibility index (Phi) is 7.96. The standard InChI is InChI=1S/C11H18O3/c1-3-4-5-6-7-10(12)8-9-11(13)14-2/h10,12H,3-7H2,1-2H3/t10-/m0/s1. The number of aliphatic hydroxyl groups excluding tert-OH is 1. The van der Waals surface area contributed by atoms with Crippen molar-refractivity contribution in [2.24, 2.45) is 0 Å². The van der Waals surface area contributed by atoms with Crippen molar-refractivity contribution in [3.05, 3.63) is 0 Å². The summed E-state index contributed by atoms with van der Waals surface area (Å²) in [5.41, 5.74) is 0. The lowest BCUT2D eigenvalue weighted by atomic mass is 10.1. The van der Waals surface area contributed by atoms with Crippen molar-refractivity contribution in [1.29, 1.82) is 0 Å². The van der Waals surface area contributed by atoms with E-state index in [4.69, 9.17) is 0 Å². The number of hydrogen-bond donors (Lipinski definition) is 1. The summed E-state index contributed by atoms with van der Waals surface area (Å²) in [6, 6.07) is 0. The molecule has 3 heteroatoms. The molecular weight excluding hydrogens is 180 g/mol. The fourth-order valence-electron chi connectivity index (χ4n) is 1.03. The highest BCUT2D eigenvalue weighted by Crippen LogP contribution is 2.04. The monoisotopic (exact) mass is 198 g/mol. The number of unbranched alkanes of at least 4 members (excludes halogenated alkanes) is 3. The van der Waals surface area contributed by atoms with Crippen LogP contribution >= 0.6 is 0 Å². The van der Waals surface area contributed by atoms with E-state index in [1.165, 1.54) is 20.0 Å². The van der Waals surface area contributed by atoms with Crippen LogP contribution in [0.3, 0.4) is 0 Å². The molecule has 1 atom stereocenters. The van der Waals surface area contributed by atoms with E-state index in [2.05, 4.69) is 23.5 Å². The van der Waals surface area contributed by atoms with Crippen LogP contribution in [0.15, 0.2) is 0 Å². The molecule has 0 amide bonds. The first kappa shape index (κ1) is 13.0. The summed E-state index contributed by atoms with van der Waals surface area (Å²) in [7, 11) is 1.27. The molecule has 0 aromatic rings. The van der Waals surface area contributed by atoms with Gasteiger partial charge in [-0.2, -0.15) is 0 Å². The van der Waals surface area contributed by atoms with Gasteiger partial charge in [-0.15, -0.1) is 0 Å². The molecule has 0 aliphatic heterocycles. The molecule has 0 aromatic heterocycles. The van der Waals surface area contributed by atoms with Crippen molar-refractivity contribution >= 4 is 5.97 Å². The summed E-state index contributed by atoms with van der Waals surface area (Å²) in [6.07, 6.45) is 4.33. The number of aliphatic hydroxyl groups is 1. The third-order valence-electron chi connectivity index (χ3n) is 1.86. The minimum atomic E-state index is -0.703. The second-order valence-electron chi connectivity index (χ2n) is 3.13. The van der Waals surface area contributed by atoms with Gasteiger partial charge in [0.25, 0.3) is 0 Å². The van der Waals surface area contributed by atoms with Crippen molar-refractivity contribution in [3.8, 4) is 11.8 Å². The van der Waals surface area contributed by atoms with Crippen LogP contribution < -0.4 is 0 Å². The van der Waals surface area contributed by atoms with E-state index in [1.807, 2.05) is 0 Å². The SMILES string of the molecule is CCCCCC[C@H](O)C#CC(=O)OC. The molecule has 0 fully saturated rings. The summed E-state index contributed by atoms with van der Waals surface area (Å²) < 4.78 is 4.32. The molecule has 80 valence electrons. The molecule has 0 saturated heterocycles. The lowest BCUT2D eigenvalue weighted by molar-refractivity contribution is -0.133. The van der Waals surface area contributed by atoms with Gasteiger partial charge in [0.1, 0.15) is 6.10 Å². The van der Waals surface area contributed by atoms with Gasteiger partial charge in [0.05, 0.1) is 7.11 Å². The van der Waals surface area contributed by atoms with Gasteiger partial charge in [0, 0.05) is 5.92 Å². The summed E-state index contributed by atoms with van der Waals surface area (Å²) in [5.74, 6) is 4.05. The predicted molar refractivity (Wildman–Crippen MR) is 54.6 cm³/mol. The second kappa shape index (κ2) is 8.58. The number of rotatable bonds is 5. The number of esters is 1. The zero-order valence-corrected chi connectivity index (χ0v) is 8.88. The number of hydrogen-bond acceptors (Lipinski definition) is 3. The van der Waals surface area contributed by atoms with Crippen LogP contribution in [0.5, 0.6) is 0 Å². The highest BCUT2D eigenvalue weighted by Gasteiger charge is 1.99. The van der Waals surface area contributed by atoms with E-state index in [9.17, 15) is 9.90 Å². The number of methoxy groups -OCH3 is 1. The van der Waals surface area contributed by atoms with Gasteiger partial charge in [-0.1, -0.05) is 32.1 Å². The van der Waals surface area contributed by atoms with E-state index in [0.29, 0.717) is 6.42 Å².